The summed E-state index contributed by atoms with van der Waals surface area (Å²) in [6.07, 6.45) is 3.26. The van der Waals surface area contributed by atoms with Gasteiger partial charge >= 0.3 is 0 Å². The summed E-state index contributed by atoms with van der Waals surface area (Å²) in [7, 11) is 1.86. The van der Waals surface area contributed by atoms with Crippen LogP contribution >= 0.6 is 11.6 Å². The lowest BCUT2D eigenvalue weighted by Crippen LogP contribution is -2.02. The van der Waals surface area contributed by atoms with E-state index in [1.807, 2.05) is 17.7 Å². The number of imidazole rings is 1. The van der Waals surface area contributed by atoms with Crippen LogP contribution in [0.4, 0.5) is 5.69 Å². The van der Waals surface area contributed by atoms with Gasteiger partial charge in [-0.3, -0.25) is 10.1 Å². The zero-order valence-corrected chi connectivity index (χ0v) is 12.3. The lowest BCUT2D eigenvalue weighted by atomic mass is 10.2. The normalized spacial score (nSPS) is 10.8. The maximum Gasteiger partial charge on any atom is 0.276 e. The van der Waals surface area contributed by atoms with Gasteiger partial charge in [0.15, 0.2) is 5.52 Å². The van der Waals surface area contributed by atoms with Crippen LogP contribution in [0.3, 0.4) is 0 Å². The molecule has 112 valence electrons. The second-order valence-corrected chi connectivity index (χ2v) is 5.09. The van der Waals surface area contributed by atoms with Gasteiger partial charge in [-0.05, 0) is 18.2 Å². The van der Waals surface area contributed by atoms with Gasteiger partial charge in [0.1, 0.15) is 6.61 Å². The average molecular weight is 319 g/mol. The summed E-state index contributed by atoms with van der Waals surface area (Å²) in [5.41, 5.74) is 1.81. The van der Waals surface area contributed by atoms with Gasteiger partial charge in [-0.15, -0.1) is 0 Å². The molecule has 0 amide bonds. The molecule has 8 heteroatoms. The Morgan fingerprint density at radius 2 is 2.18 bits per heavy atom. The summed E-state index contributed by atoms with van der Waals surface area (Å²) < 4.78 is 7.45. The quantitative estimate of drug-likeness (QED) is 0.545. The largest absolute Gasteiger partial charge is 0.471 e. The van der Waals surface area contributed by atoms with E-state index in [9.17, 15) is 10.1 Å². The summed E-state index contributed by atoms with van der Waals surface area (Å²) in [4.78, 5) is 18.9. The van der Waals surface area contributed by atoms with E-state index in [-0.39, 0.29) is 12.3 Å². The molecule has 7 nitrogen and oxygen atoms in total. The number of ether oxygens (including phenoxy) is 1. The molecule has 0 N–H and O–H groups in total. The number of aryl methyl sites for hydroxylation is 1. The molecule has 22 heavy (non-hydrogen) atoms. The molecule has 2 heterocycles. The van der Waals surface area contributed by atoms with Gasteiger partial charge in [0.2, 0.25) is 5.88 Å². The number of pyridine rings is 1. The first-order valence-electron chi connectivity index (χ1n) is 6.38. The number of rotatable bonds is 4. The van der Waals surface area contributed by atoms with E-state index in [0.29, 0.717) is 22.0 Å². The number of nitro benzene ring substituents is 1. The first-order valence-corrected chi connectivity index (χ1v) is 6.75. The van der Waals surface area contributed by atoms with Crippen LogP contribution in [0.15, 0.2) is 36.8 Å². The van der Waals surface area contributed by atoms with Crippen LogP contribution in [0, 0.1) is 10.1 Å². The molecular formula is C14H11ClN4O3. The van der Waals surface area contributed by atoms with Crippen LogP contribution in [0.25, 0.3) is 11.0 Å². The molecule has 2 aromatic heterocycles. The summed E-state index contributed by atoms with van der Waals surface area (Å²) in [6.45, 7) is -0.0143. The fraction of sp³-hybridized carbons (Fsp3) is 0.143. The molecule has 0 saturated heterocycles. The van der Waals surface area contributed by atoms with Crippen LogP contribution in [0.5, 0.6) is 5.88 Å². The third-order valence-corrected chi connectivity index (χ3v) is 3.45. The molecule has 3 rings (SSSR count). The summed E-state index contributed by atoms with van der Waals surface area (Å²) in [5, 5.41) is 11.4. The minimum Gasteiger partial charge on any atom is -0.471 e. The summed E-state index contributed by atoms with van der Waals surface area (Å²) in [5.74, 6) is 0.326. The second-order valence-electron chi connectivity index (χ2n) is 4.66. The van der Waals surface area contributed by atoms with Crippen molar-refractivity contribution in [3.8, 4) is 5.88 Å². The highest BCUT2D eigenvalue weighted by Crippen LogP contribution is 2.26. The highest BCUT2D eigenvalue weighted by molar-refractivity contribution is 6.30. The second kappa shape index (κ2) is 5.61. The Bertz CT molecular complexity index is 862. The van der Waals surface area contributed by atoms with Gasteiger partial charge in [0, 0.05) is 24.3 Å². The number of nitro groups is 1. The number of hydrogen-bond acceptors (Lipinski definition) is 5. The number of halogens is 1. The third kappa shape index (κ3) is 2.58. The van der Waals surface area contributed by atoms with Gasteiger partial charge in [-0.1, -0.05) is 11.6 Å². The van der Waals surface area contributed by atoms with Crippen LogP contribution in [-0.2, 0) is 13.7 Å². The lowest BCUT2D eigenvalue weighted by molar-refractivity contribution is -0.385. The lowest BCUT2D eigenvalue weighted by Gasteiger charge is -2.07. The fourth-order valence-corrected chi connectivity index (χ4v) is 2.33. The smallest absolute Gasteiger partial charge is 0.276 e. The summed E-state index contributed by atoms with van der Waals surface area (Å²) >= 11 is 5.89. The number of benzene rings is 1. The zero-order valence-electron chi connectivity index (χ0n) is 11.6. The predicted octanol–water partition coefficient (Wildman–Crippen LogP) is 3.11. The Morgan fingerprint density at radius 1 is 1.36 bits per heavy atom. The number of aromatic nitrogens is 3. The molecule has 0 aliphatic rings. The van der Waals surface area contributed by atoms with Crippen molar-refractivity contribution in [2.45, 2.75) is 6.61 Å². The van der Waals surface area contributed by atoms with Crippen molar-refractivity contribution in [1.29, 1.82) is 0 Å². The molecule has 0 fully saturated rings. The van der Waals surface area contributed by atoms with Gasteiger partial charge in [-0.2, -0.15) is 0 Å². The molecule has 0 aliphatic carbocycles. The summed E-state index contributed by atoms with van der Waals surface area (Å²) in [6, 6.07) is 6.16. The van der Waals surface area contributed by atoms with E-state index in [1.54, 1.807) is 12.5 Å². The standard InChI is InChI=1S/C14H11ClN4O3/c1-18-8-17-13-12(18)4-5-16-14(13)22-7-9-6-10(15)2-3-11(9)19(20)21/h2-6,8H,7H2,1H3. The van der Waals surface area contributed by atoms with E-state index in [4.69, 9.17) is 16.3 Å². The monoisotopic (exact) mass is 318 g/mol. The first-order chi connectivity index (χ1) is 10.6. The highest BCUT2D eigenvalue weighted by Gasteiger charge is 2.16. The Morgan fingerprint density at radius 3 is 2.95 bits per heavy atom. The molecule has 0 saturated carbocycles. The number of fused-ring (bicyclic) bond motifs is 1. The minimum atomic E-state index is -0.468. The van der Waals surface area contributed by atoms with Crippen molar-refractivity contribution in [3.63, 3.8) is 0 Å². The van der Waals surface area contributed by atoms with Crippen molar-refractivity contribution >= 4 is 28.3 Å². The maximum atomic E-state index is 11.0. The highest BCUT2D eigenvalue weighted by atomic mass is 35.5. The predicted molar refractivity (Wildman–Crippen MR) is 80.9 cm³/mol. The fourth-order valence-electron chi connectivity index (χ4n) is 2.14. The molecule has 0 bridgehead atoms. The molecule has 1 aromatic carbocycles. The molecule has 0 radical (unpaired) electrons. The van der Waals surface area contributed by atoms with E-state index in [0.717, 1.165) is 5.52 Å². The van der Waals surface area contributed by atoms with Crippen molar-refractivity contribution in [2.24, 2.45) is 7.05 Å². The Labute approximate surface area is 130 Å². The van der Waals surface area contributed by atoms with Gasteiger partial charge in [0.25, 0.3) is 5.69 Å². The Balaban J connectivity index is 1.91. The van der Waals surface area contributed by atoms with E-state index in [2.05, 4.69) is 9.97 Å². The molecule has 0 atom stereocenters. The van der Waals surface area contributed by atoms with Crippen molar-refractivity contribution in [2.75, 3.05) is 0 Å². The molecule has 0 aliphatic heterocycles. The van der Waals surface area contributed by atoms with Gasteiger partial charge in [0.05, 0.1) is 22.3 Å². The van der Waals surface area contributed by atoms with E-state index < -0.39 is 4.92 Å². The average Bonchev–Trinajstić information content (AvgIpc) is 2.87. The van der Waals surface area contributed by atoms with Crippen LogP contribution in [0.1, 0.15) is 5.56 Å². The molecular weight excluding hydrogens is 308 g/mol. The van der Waals surface area contributed by atoms with Crippen molar-refractivity contribution in [1.82, 2.24) is 14.5 Å². The SMILES string of the molecule is Cn1cnc2c(OCc3cc(Cl)ccc3[N+](=O)[O-])nccc21. The molecule has 0 spiro atoms. The Kier molecular flexibility index (Phi) is 3.64. The van der Waals surface area contributed by atoms with Crippen molar-refractivity contribution in [3.05, 3.63) is 57.5 Å². The van der Waals surface area contributed by atoms with E-state index >= 15 is 0 Å². The zero-order chi connectivity index (χ0) is 15.7. The van der Waals surface area contributed by atoms with Crippen molar-refractivity contribution < 1.29 is 9.66 Å². The topological polar surface area (TPSA) is 83.1 Å². The third-order valence-electron chi connectivity index (χ3n) is 3.21. The first kappa shape index (κ1) is 14.3. The Hall–Kier alpha value is -2.67. The number of hydrogen-bond donors (Lipinski definition) is 0. The molecule has 0 unspecified atom stereocenters. The molecule has 3 aromatic rings. The maximum absolute atomic E-state index is 11.0. The van der Waals surface area contributed by atoms with Crippen LogP contribution < -0.4 is 4.74 Å². The number of nitrogens with zero attached hydrogens (tertiary/aromatic N) is 4. The van der Waals surface area contributed by atoms with Crippen LogP contribution in [-0.4, -0.2) is 19.5 Å². The van der Waals surface area contributed by atoms with Gasteiger partial charge in [-0.25, -0.2) is 9.97 Å². The minimum absolute atomic E-state index is 0.0143. The van der Waals surface area contributed by atoms with E-state index in [1.165, 1.54) is 18.2 Å². The van der Waals surface area contributed by atoms with Crippen LogP contribution in [0.2, 0.25) is 5.02 Å². The van der Waals surface area contributed by atoms with Gasteiger partial charge < -0.3 is 9.30 Å².